The van der Waals surface area contributed by atoms with Crippen LogP contribution in [0.3, 0.4) is 0 Å². The lowest BCUT2D eigenvalue weighted by Crippen LogP contribution is -2.25. The molecule has 4 rings (SSSR count). The van der Waals surface area contributed by atoms with Crippen molar-refractivity contribution in [2.45, 2.75) is 40.3 Å². The number of hydrogen-bond acceptors (Lipinski definition) is 5. The summed E-state index contributed by atoms with van der Waals surface area (Å²) in [6.45, 7) is 8.20. The molecule has 150 valence electrons. The van der Waals surface area contributed by atoms with Gasteiger partial charge in [-0.2, -0.15) is 15.3 Å². The zero-order valence-corrected chi connectivity index (χ0v) is 16.8. The van der Waals surface area contributed by atoms with Crippen LogP contribution in [0.2, 0.25) is 0 Å². The molecule has 1 amide bonds. The molecule has 4 aromatic heterocycles. The zero-order valence-electron chi connectivity index (χ0n) is 16.8. The van der Waals surface area contributed by atoms with Gasteiger partial charge in [0.2, 0.25) is 0 Å². The first-order valence-corrected chi connectivity index (χ1v) is 9.72. The smallest absolute Gasteiger partial charge is 0.271 e. The first-order valence-electron chi connectivity index (χ1n) is 9.72. The third-order valence-corrected chi connectivity index (χ3v) is 5.03. The highest BCUT2D eigenvalue weighted by Gasteiger charge is 2.16. The molecule has 0 unspecified atom stereocenters. The van der Waals surface area contributed by atoms with Crippen LogP contribution in [0, 0.1) is 13.8 Å². The minimum atomic E-state index is -0.209. The number of carbonyl (C=O) groups is 1. The zero-order chi connectivity index (χ0) is 20.4. The normalized spacial score (nSPS) is 11.3. The Kier molecular flexibility index (Phi) is 5.11. The number of amides is 1. The van der Waals surface area contributed by atoms with Crippen molar-refractivity contribution in [2.75, 3.05) is 6.54 Å². The fourth-order valence-electron chi connectivity index (χ4n) is 3.38. The fourth-order valence-corrected chi connectivity index (χ4v) is 3.38. The van der Waals surface area contributed by atoms with E-state index in [1.54, 1.807) is 23.0 Å². The Morgan fingerprint density at radius 1 is 1.14 bits per heavy atom. The summed E-state index contributed by atoms with van der Waals surface area (Å²) < 4.78 is 5.55. The Balaban J connectivity index is 1.49. The van der Waals surface area contributed by atoms with Crippen LogP contribution < -0.4 is 5.32 Å². The molecule has 0 atom stereocenters. The summed E-state index contributed by atoms with van der Waals surface area (Å²) in [4.78, 5) is 16.9. The first-order chi connectivity index (χ1) is 14.1. The topological polar surface area (TPSA) is 94.9 Å². The molecule has 0 saturated heterocycles. The van der Waals surface area contributed by atoms with Crippen LogP contribution in [-0.4, -0.2) is 46.6 Å². The van der Waals surface area contributed by atoms with Gasteiger partial charge in [0, 0.05) is 55.0 Å². The van der Waals surface area contributed by atoms with Gasteiger partial charge in [0.15, 0.2) is 11.3 Å². The summed E-state index contributed by atoms with van der Waals surface area (Å²) in [5.74, 6) is -0.209. The molecule has 0 aliphatic heterocycles. The molecule has 9 heteroatoms. The average Bonchev–Trinajstić information content (AvgIpc) is 3.43. The molecule has 0 fully saturated rings. The average molecular weight is 392 g/mol. The molecule has 0 spiro atoms. The maximum atomic E-state index is 12.6. The van der Waals surface area contributed by atoms with Gasteiger partial charge >= 0.3 is 0 Å². The summed E-state index contributed by atoms with van der Waals surface area (Å²) in [7, 11) is 0. The Hall–Kier alpha value is -3.49. The van der Waals surface area contributed by atoms with Crippen molar-refractivity contribution in [3.05, 3.63) is 53.9 Å². The second-order valence-corrected chi connectivity index (χ2v) is 6.89. The SMILES string of the molecule is CCn1ncc(-c2ccnc3cc(C(=O)NCCCn4nccc4C)nn23)c1C. The number of fused-ring (bicyclic) bond motifs is 1. The largest absolute Gasteiger partial charge is 0.351 e. The maximum absolute atomic E-state index is 12.6. The van der Waals surface area contributed by atoms with Crippen LogP contribution >= 0.6 is 0 Å². The van der Waals surface area contributed by atoms with Crippen molar-refractivity contribution in [3.63, 3.8) is 0 Å². The standard InChI is InChI=1S/C20H24N8O/c1-4-26-15(3)16(13-24-26)18-7-9-21-19-12-17(25-28(18)19)20(29)22-8-5-11-27-14(2)6-10-23-27/h6-7,9-10,12-13H,4-5,8,11H2,1-3H3,(H,22,29). The van der Waals surface area contributed by atoms with Crippen molar-refractivity contribution in [2.24, 2.45) is 0 Å². The van der Waals surface area contributed by atoms with Gasteiger partial charge in [-0.15, -0.1) is 0 Å². The van der Waals surface area contributed by atoms with Crippen LogP contribution in [0.5, 0.6) is 0 Å². The summed E-state index contributed by atoms with van der Waals surface area (Å²) in [5, 5.41) is 16.1. The van der Waals surface area contributed by atoms with Gasteiger partial charge in [0.05, 0.1) is 11.9 Å². The van der Waals surface area contributed by atoms with Crippen molar-refractivity contribution < 1.29 is 4.79 Å². The van der Waals surface area contributed by atoms with E-state index in [0.717, 1.165) is 42.2 Å². The molecule has 29 heavy (non-hydrogen) atoms. The molecule has 0 aliphatic carbocycles. The van der Waals surface area contributed by atoms with E-state index in [2.05, 4.69) is 32.5 Å². The van der Waals surface area contributed by atoms with Gasteiger partial charge in [0.1, 0.15) is 0 Å². The summed E-state index contributed by atoms with van der Waals surface area (Å²) in [6, 6.07) is 5.56. The fraction of sp³-hybridized carbons (Fsp3) is 0.350. The summed E-state index contributed by atoms with van der Waals surface area (Å²) in [5.41, 5.74) is 4.97. The van der Waals surface area contributed by atoms with E-state index in [0.29, 0.717) is 17.9 Å². The lowest BCUT2D eigenvalue weighted by atomic mass is 10.2. The number of aryl methyl sites for hydroxylation is 3. The Bertz CT molecular complexity index is 1150. The van der Waals surface area contributed by atoms with E-state index < -0.39 is 0 Å². The molecule has 0 aromatic carbocycles. The summed E-state index contributed by atoms with van der Waals surface area (Å²) >= 11 is 0. The van der Waals surface area contributed by atoms with E-state index in [-0.39, 0.29) is 5.91 Å². The molecule has 0 aliphatic rings. The third-order valence-electron chi connectivity index (χ3n) is 5.03. The molecule has 1 N–H and O–H groups in total. The number of nitrogens with one attached hydrogen (secondary N) is 1. The van der Waals surface area contributed by atoms with E-state index >= 15 is 0 Å². The van der Waals surface area contributed by atoms with Crippen LogP contribution in [0.1, 0.15) is 35.2 Å². The molecule has 9 nitrogen and oxygen atoms in total. The Labute approximate surface area is 168 Å². The van der Waals surface area contributed by atoms with Gasteiger partial charge in [-0.3, -0.25) is 14.2 Å². The van der Waals surface area contributed by atoms with Gasteiger partial charge < -0.3 is 5.32 Å². The number of hydrogen-bond donors (Lipinski definition) is 1. The predicted octanol–water partition coefficient (Wildman–Crippen LogP) is 2.25. The number of nitrogens with zero attached hydrogens (tertiary/aromatic N) is 7. The van der Waals surface area contributed by atoms with Crippen molar-refractivity contribution in [1.82, 2.24) is 39.5 Å². The van der Waals surface area contributed by atoms with Crippen LogP contribution in [-0.2, 0) is 13.1 Å². The third kappa shape index (κ3) is 3.63. The second-order valence-electron chi connectivity index (χ2n) is 6.89. The van der Waals surface area contributed by atoms with Crippen molar-refractivity contribution in [3.8, 4) is 11.3 Å². The molecule has 0 radical (unpaired) electrons. The van der Waals surface area contributed by atoms with Crippen LogP contribution in [0.4, 0.5) is 0 Å². The van der Waals surface area contributed by atoms with Gasteiger partial charge in [0.25, 0.3) is 5.91 Å². The lowest BCUT2D eigenvalue weighted by Gasteiger charge is -2.06. The molecule has 4 heterocycles. The number of rotatable bonds is 7. The lowest BCUT2D eigenvalue weighted by molar-refractivity contribution is 0.0947. The second kappa shape index (κ2) is 7.86. The number of aromatic nitrogens is 7. The Morgan fingerprint density at radius 3 is 2.72 bits per heavy atom. The van der Waals surface area contributed by atoms with Gasteiger partial charge in [-0.05, 0) is 39.3 Å². The first kappa shape index (κ1) is 18.9. The molecule has 0 saturated carbocycles. The molecule has 0 bridgehead atoms. The quantitative estimate of drug-likeness (QED) is 0.487. The predicted molar refractivity (Wildman–Crippen MR) is 109 cm³/mol. The Morgan fingerprint density at radius 2 is 2.00 bits per heavy atom. The minimum absolute atomic E-state index is 0.209. The van der Waals surface area contributed by atoms with Crippen LogP contribution in [0.15, 0.2) is 36.8 Å². The van der Waals surface area contributed by atoms with Gasteiger partial charge in [-0.25, -0.2) is 9.50 Å². The molecule has 4 aromatic rings. The van der Waals surface area contributed by atoms with Crippen LogP contribution in [0.25, 0.3) is 16.9 Å². The molecular weight excluding hydrogens is 368 g/mol. The van der Waals surface area contributed by atoms with E-state index in [1.165, 1.54) is 0 Å². The van der Waals surface area contributed by atoms with E-state index in [1.807, 2.05) is 41.5 Å². The highest BCUT2D eigenvalue weighted by molar-refractivity contribution is 5.93. The monoisotopic (exact) mass is 392 g/mol. The number of carbonyl (C=O) groups excluding carboxylic acids is 1. The maximum Gasteiger partial charge on any atom is 0.271 e. The minimum Gasteiger partial charge on any atom is -0.351 e. The highest BCUT2D eigenvalue weighted by Crippen LogP contribution is 2.23. The van der Waals surface area contributed by atoms with Gasteiger partial charge in [-0.1, -0.05) is 0 Å². The van der Waals surface area contributed by atoms with E-state index in [9.17, 15) is 4.79 Å². The van der Waals surface area contributed by atoms with E-state index in [4.69, 9.17) is 0 Å². The highest BCUT2D eigenvalue weighted by atomic mass is 16.1. The van der Waals surface area contributed by atoms with Crippen molar-refractivity contribution in [1.29, 1.82) is 0 Å². The van der Waals surface area contributed by atoms with Crippen molar-refractivity contribution >= 4 is 11.6 Å². The molecular formula is C20H24N8O. The summed E-state index contributed by atoms with van der Waals surface area (Å²) in [6.07, 6.45) is 6.12.